The molecule has 0 aromatic carbocycles. The first kappa shape index (κ1) is 28.5. The lowest BCUT2D eigenvalue weighted by Gasteiger charge is -2.26. The molecule has 7 nitrogen and oxygen atoms in total. The number of aromatic hydroxyl groups is 1. The number of allylic oxidation sites excluding steroid dienone is 2. The van der Waals surface area contributed by atoms with Crippen molar-refractivity contribution in [2.75, 3.05) is 26.4 Å². The summed E-state index contributed by atoms with van der Waals surface area (Å²) < 4.78 is 21.3. The second kappa shape index (κ2) is 14.6. The molecule has 0 fully saturated rings. The minimum absolute atomic E-state index is 0.0701. The molecule has 1 aromatic heterocycles. The predicted molar refractivity (Wildman–Crippen MR) is 129 cm³/mol. The maximum Gasteiger partial charge on any atom is 0.229 e. The maximum absolute atomic E-state index is 10.7. The molecule has 0 radical (unpaired) electrons. The Balaban J connectivity index is 0.000000502. The number of aryl methyl sites for hydroxylation is 1. The van der Waals surface area contributed by atoms with E-state index in [1.807, 2.05) is 0 Å². The molecule has 0 bridgehead atoms. The molecular weight excluding hydrogens is 424 g/mol. The van der Waals surface area contributed by atoms with Gasteiger partial charge in [-0.1, -0.05) is 34.3 Å². The molecule has 0 aliphatic carbocycles. The third kappa shape index (κ3) is 12.3. The van der Waals surface area contributed by atoms with Gasteiger partial charge in [-0.05, 0) is 43.6 Å². The van der Waals surface area contributed by atoms with Crippen LogP contribution in [0.3, 0.4) is 0 Å². The van der Waals surface area contributed by atoms with E-state index in [4.69, 9.17) is 19.3 Å². The zero-order valence-electron chi connectivity index (χ0n) is 20.7. The molecule has 0 atom stereocenters. The van der Waals surface area contributed by atoms with Crippen molar-refractivity contribution < 1.29 is 28.8 Å². The molecule has 2 rings (SSSR count). The summed E-state index contributed by atoms with van der Waals surface area (Å²) in [7, 11) is 0. The molecule has 33 heavy (non-hydrogen) atoms. The average molecular weight is 465 g/mol. The Bertz CT molecular complexity index is 823. The highest BCUT2D eigenvalue weighted by Crippen LogP contribution is 2.32. The first-order valence-electron chi connectivity index (χ1n) is 11.4. The minimum atomic E-state index is -0.374. The highest BCUT2D eigenvalue weighted by molar-refractivity contribution is 5.36. The number of hydrogen-bond acceptors (Lipinski definition) is 7. The Morgan fingerprint density at radius 3 is 2.33 bits per heavy atom. The van der Waals surface area contributed by atoms with Crippen molar-refractivity contribution in [1.82, 2.24) is 0 Å². The Kier molecular flexibility index (Phi) is 12.6. The number of ether oxygens (including phenoxy) is 3. The van der Waals surface area contributed by atoms with Crippen LogP contribution in [0.2, 0.25) is 0 Å². The van der Waals surface area contributed by atoms with E-state index in [0.717, 1.165) is 64.1 Å². The number of aliphatic hydroxyl groups is 1. The molecule has 0 unspecified atom stereocenters. The van der Waals surface area contributed by atoms with E-state index >= 15 is 0 Å². The third-order valence-electron chi connectivity index (χ3n) is 4.99. The summed E-state index contributed by atoms with van der Waals surface area (Å²) in [6, 6.07) is 0. The molecular formula is C26H40O7. The van der Waals surface area contributed by atoms with Crippen LogP contribution < -0.4 is 5.43 Å². The van der Waals surface area contributed by atoms with E-state index < -0.39 is 0 Å². The number of aliphatic hydroxyl groups excluding tert-OH is 1. The monoisotopic (exact) mass is 464 g/mol. The maximum atomic E-state index is 10.7. The second-order valence-corrected chi connectivity index (χ2v) is 9.38. The summed E-state index contributed by atoms with van der Waals surface area (Å²) >= 11 is 0. The largest absolute Gasteiger partial charge is 0.504 e. The lowest BCUT2D eigenvalue weighted by molar-refractivity contribution is 0.0654. The summed E-state index contributed by atoms with van der Waals surface area (Å²) in [5, 5.41) is 18.2. The fourth-order valence-electron chi connectivity index (χ4n) is 2.81. The molecule has 1 aliphatic rings. The van der Waals surface area contributed by atoms with Crippen LogP contribution in [-0.2, 0) is 14.2 Å². The SMILES string of the molecule is C=C1C=C(CC(C)(C)CCOCCCOCCC(C)C)OC=C1O.Cc1cocc(O)c1=O. The molecule has 1 aliphatic heterocycles. The standard InChI is InChI=1S/C20H34O4.C6H6O3/c1-16(2)7-11-22-9-6-10-23-12-8-20(4,5)14-18-13-17(3)19(21)15-24-18;1-4-2-9-3-5(7)6(4)8/h13,15-16,21H,3,6-12,14H2,1-2,4-5H3;2-3,7H,1H3. The van der Waals surface area contributed by atoms with Crippen molar-refractivity contribution in [3.05, 3.63) is 64.3 Å². The van der Waals surface area contributed by atoms with Crippen LogP contribution in [0.25, 0.3) is 0 Å². The van der Waals surface area contributed by atoms with Crippen LogP contribution in [0.4, 0.5) is 0 Å². The fourth-order valence-corrected chi connectivity index (χ4v) is 2.81. The van der Waals surface area contributed by atoms with Crippen molar-refractivity contribution in [2.45, 2.75) is 60.3 Å². The van der Waals surface area contributed by atoms with Gasteiger partial charge in [0.05, 0.1) is 6.26 Å². The summed E-state index contributed by atoms with van der Waals surface area (Å²) in [6.07, 6.45) is 9.25. The van der Waals surface area contributed by atoms with Gasteiger partial charge in [0.1, 0.15) is 18.3 Å². The Labute approximate surface area is 197 Å². The quantitative estimate of drug-likeness (QED) is 0.378. The summed E-state index contributed by atoms with van der Waals surface area (Å²) in [6.45, 7) is 17.2. The van der Waals surface area contributed by atoms with E-state index in [1.54, 1.807) is 13.0 Å². The number of hydrogen-bond donors (Lipinski definition) is 2. The van der Waals surface area contributed by atoms with E-state index in [2.05, 4.69) is 38.7 Å². The van der Waals surface area contributed by atoms with Crippen molar-refractivity contribution in [2.24, 2.45) is 11.3 Å². The van der Waals surface area contributed by atoms with Gasteiger partial charge in [-0.2, -0.15) is 0 Å². The van der Waals surface area contributed by atoms with Gasteiger partial charge in [0, 0.05) is 44.0 Å². The van der Waals surface area contributed by atoms with Gasteiger partial charge in [0.15, 0.2) is 11.5 Å². The number of rotatable bonds is 12. The Morgan fingerprint density at radius 1 is 1.09 bits per heavy atom. The first-order valence-corrected chi connectivity index (χ1v) is 11.4. The fraction of sp³-hybridized carbons (Fsp3) is 0.577. The lowest BCUT2D eigenvalue weighted by Crippen LogP contribution is -2.17. The van der Waals surface area contributed by atoms with Gasteiger partial charge in [-0.3, -0.25) is 4.79 Å². The Hall–Kier alpha value is -2.51. The normalized spacial score (nSPS) is 13.7. The van der Waals surface area contributed by atoms with E-state index in [0.29, 0.717) is 17.1 Å². The molecule has 1 aromatic rings. The van der Waals surface area contributed by atoms with Crippen LogP contribution in [0.5, 0.6) is 5.75 Å². The predicted octanol–water partition coefficient (Wildman–Crippen LogP) is 5.79. The first-order chi connectivity index (χ1) is 15.5. The van der Waals surface area contributed by atoms with Crippen molar-refractivity contribution in [3.8, 4) is 5.75 Å². The van der Waals surface area contributed by atoms with E-state index in [-0.39, 0.29) is 22.4 Å². The van der Waals surface area contributed by atoms with Gasteiger partial charge < -0.3 is 28.8 Å². The smallest absolute Gasteiger partial charge is 0.229 e. The second-order valence-electron chi connectivity index (χ2n) is 9.38. The lowest BCUT2D eigenvalue weighted by atomic mass is 9.84. The van der Waals surface area contributed by atoms with Crippen LogP contribution in [-0.4, -0.2) is 36.6 Å². The zero-order chi connectivity index (χ0) is 24.9. The van der Waals surface area contributed by atoms with E-state index in [1.165, 1.54) is 12.5 Å². The van der Waals surface area contributed by atoms with Gasteiger partial charge in [0.25, 0.3) is 0 Å². The molecule has 0 saturated heterocycles. The third-order valence-corrected chi connectivity index (χ3v) is 4.99. The van der Waals surface area contributed by atoms with Crippen LogP contribution >= 0.6 is 0 Å². The van der Waals surface area contributed by atoms with Gasteiger partial charge in [-0.15, -0.1) is 0 Å². The molecule has 0 amide bonds. The molecule has 2 heterocycles. The Morgan fingerprint density at radius 2 is 1.76 bits per heavy atom. The highest BCUT2D eigenvalue weighted by Gasteiger charge is 2.22. The van der Waals surface area contributed by atoms with Gasteiger partial charge in [0.2, 0.25) is 5.43 Å². The molecule has 7 heteroatoms. The van der Waals surface area contributed by atoms with Crippen LogP contribution in [0.15, 0.2) is 57.7 Å². The van der Waals surface area contributed by atoms with Crippen LogP contribution in [0.1, 0.15) is 58.9 Å². The molecule has 186 valence electrons. The van der Waals surface area contributed by atoms with Crippen molar-refractivity contribution in [3.63, 3.8) is 0 Å². The summed E-state index contributed by atoms with van der Waals surface area (Å²) in [5.74, 6) is 1.29. The highest BCUT2D eigenvalue weighted by atomic mass is 16.5. The van der Waals surface area contributed by atoms with E-state index in [9.17, 15) is 9.90 Å². The van der Waals surface area contributed by atoms with Gasteiger partial charge >= 0.3 is 0 Å². The van der Waals surface area contributed by atoms with Gasteiger partial charge in [-0.25, -0.2) is 0 Å². The molecule has 0 spiro atoms. The van der Waals surface area contributed by atoms with Crippen molar-refractivity contribution in [1.29, 1.82) is 0 Å². The van der Waals surface area contributed by atoms with Crippen LogP contribution in [0, 0.1) is 18.3 Å². The average Bonchev–Trinajstić information content (AvgIpc) is 2.73. The summed E-state index contributed by atoms with van der Waals surface area (Å²) in [4.78, 5) is 10.7. The zero-order valence-corrected chi connectivity index (χ0v) is 20.7. The minimum Gasteiger partial charge on any atom is -0.504 e. The molecule has 0 saturated carbocycles. The summed E-state index contributed by atoms with van der Waals surface area (Å²) in [5.41, 5.74) is 0.706. The van der Waals surface area contributed by atoms with Crippen molar-refractivity contribution >= 4 is 0 Å². The topological polar surface area (TPSA) is 98.4 Å². The molecule has 2 N–H and O–H groups in total.